The molecule has 0 saturated carbocycles. The van der Waals surface area contributed by atoms with Crippen LogP contribution in [0.15, 0.2) is 55.0 Å². The van der Waals surface area contributed by atoms with Crippen molar-refractivity contribution in [2.24, 2.45) is 0 Å². The van der Waals surface area contributed by atoms with Crippen LogP contribution in [0.4, 0.5) is 5.95 Å². The second kappa shape index (κ2) is 9.42. The molecule has 0 aliphatic carbocycles. The molecule has 31 heavy (non-hydrogen) atoms. The van der Waals surface area contributed by atoms with Gasteiger partial charge in [-0.15, -0.1) is 0 Å². The molecule has 1 aliphatic rings. The van der Waals surface area contributed by atoms with Crippen molar-refractivity contribution in [3.8, 4) is 22.8 Å². The van der Waals surface area contributed by atoms with Crippen molar-refractivity contribution < 1.29 is 14.3 Å². The summed E-state index contributed by atoms with van der Waals surface area (Å²) in [6, 6.07) is 11.2. The summed E-state index contributed by atoms with van der Waals surface area (Å²) in [6.07, 6.45) is 6.36. The summed E-state index contributed by atoms with van der Waals surface area (Å²) in [4.78, 5) is 28.0. The number of hydrogen-bond donors (Lipinski definition) is 1. The molecule has 4 rings (SSSR count). The first-order chi connectivity index (χ1) is 15.2. The number of hydrogen-bond acceptors (Lipinski definition) is 7. The summed E-state index contributed by atoms with van der Waals surface area (Å²) in [5.41, 5.74) is 2.60. The van der Waals surface area contributed by atoms with Crippen molar-refractivity contribution in [3.63, 3.8) is 0 Å². The van der Waals surface area contributed by atoms with Crippen molar-refractivity contribution in [2.45, 2.75) is 18.9 Å². The van der Waals surface area contributed by atoms with Crippen LogP contribution >= 0.6 is 0 Å². The van der Waals surface area contributed by atoms with E-state index in [0.717, 1.165) is 29.8 Å². The van der Waals surface area contributed by atoms with Crippen molar-refractivity contribution in [1.82, 2.24) is 20.3 Å². The second-order valence-electron chi connectivity index (χ2n) is 7.34. The molecule has 0 spiro atoms. The molecular formula is C23H25N5O3. The predicted octanol–water partition coefficient (Wildman–Crippen LogP) is 2.49. The van der Waals surface area contributed by atoms with Crippen LogP contribution in [0.5, 0.6) is 11.5 Å². The van der Waals surface area contributed by atoms with Crippen molar-refractivity contribution in [3.05, 3.63) is 60.6 Å². The highest BCUT2D eigenvalue weighted by Crippen LogP contribution is 2.25. The third-order valence-corrected chi connectivity index (χ3v) is 5.28. The van der Waals surface area contributed by atoms with Gasteiger partial charge in [0.15, 0.2) is 0 Å². The number of carbonyl (C=O) groups excluding carboxylic acids is 1. The maximum absolute atomic E-state index is 12.6. The van der Waals surface area contributed by atoms with Gasteiger partial charge >= 0.3 is 0 Å². The average molecular weight is 419 g/mol. The first-order valence-electron chi connectivity index (χ1n) is 10.1. The monoisotopic (exact) mass is 419 g/mol. The highest BCUT2D eigenvalue weighted by molar-refractivity contribution is 5.80. The number of nitrogens with zero attached hydrogens (tertiary/aromatic N) is 4. The highest BCUT2D eigenvalue weighted by Gasteiger charge is 2.26. The lowest BCUT2D eigenvalue weighted by atomic mass is 10.1. The van der Waals surface area contributed by atoms with Crippen molar-refractivity contribution in [1.29, 1.82) is 0 Å². The average Bonchev–Trinajstić information content (AvgIpc) is 3.28. The number of ether oxygens (including phenoxy) is 2. The fourth-order valence-corrected chi connectivity index (χ4v) is 3.69. The van der Waals surface area contributed by atoms with Crippen LogP contribution in [0.1, 0.15) is 12.0 Å². The Bertz CT molecular complexity index is 1040. The Labute approximate surface area is 181 Å². The van der Waals surface area contributed by atoms with E-state index < -0.39 is 0 Å². The topological polar surface area (TPSA) is 89.5 Å². The van der Waals surface area contributed by atoms with Gasteiger partial charge in [-0.2, -0.15) is 0 Å². The molecule has 1 N–H and O–H groups in total. The Kier molecular flexibility index (Phi) is 6.26. The second-order valence-corrected chi connectivity index (χ2v) is 7.34. The molecule has 3 aromatic rings. The minimum Gasteiger partial charge on any atom is -0.497 e. The van der Waals surface area contributed by atoms with E-state index in [1.54, 1.807) is 38.9 Å². The van der Waals surface area contributed by atoms with E-state index in [1.807, 2.05) is 30.3 Å². The van der Waals surface area contributed by atoms with E-state index in [4.69, 9.17) is 9.47 Å². The molecule has 1 unspecified atom stereocenters. The van der Waals surface area contributed by atoms with E-state index in [0.29, 0.717) is 24.0 Å². The fourth-order valence-electron chi connectivity index (χ4n) is 3.69. The SMILES string of the molecule is COc1ccc(CC(=O)NC2CCN(c3nccc(-c4cccnc4)n3)C2)c(OC)c1. The molecule has 1 aromatic carbocycles. The van der Waals surface area contributed by atoms with Crippen LogP contribution in [0.25, 0.3) is 11.3 Å². The van der Waals surface area contributed by atoms with Crippen molar-refractivity contribution in [2.75, 3.05) is 32.2 Å². The van der Waals surface area contributed by atoms with Gasteiger partial charge in [0, 0.05) is 54.9 Å². The summed E-state index contributed by atoms with van der Waals surface area (Å²) < 4.78 is 10.6. The van der Waals surface area contributed by atoms with E-state index in [2.05, 4.69) is 25.2 Å². The van der Waals surface area contributed by atoms with Crippen LogP contribution in [0.3, 0.4) is 0 Å². The summed E-state index contributed by atoms with van der Waals surface area (Å²) >= 11 is 0. The molecule has 1 saturated heterocycles. The van der Waals surface area contributed by atoms with Gasteiger partial charge in [-0.25, -0.2) is 9.97 Å². The van der Waals surface area contributed by atoms with Gasteiger partial charge in [0.1, 0.15) is 11.5 Å². The Morgan fingerprint density at radius 3 is 2.87 bits per heavy atom. The van der Waals surface area contributed by atoms with E-state index >= 15 is 0 Å². The Morgan fingerprint density at radius 1 is 1.19 bits per heavy atom. The Balaban J connectivity index is 1.37. The summed E-state index contributed by atoms with van der Waals surface area (Å²) in [5, 5.41) is 3.12. The Morgan fingerprint density at radius 2 is 2.10 bits per heavy atom. The molecule has 3 heterocycles. The maximum Gasteiger partial charge on any atom is 0.225 e. The van der Waals surface area contributed by atoms with E-state index in [9.17, 15) is 4.79 Å². The van der Waals surface area contributed by atoms with Crippen LogP contribution in [0.2, 0.25) is 0 Å². The van der Waals surface area contributed by atoms with Crippen LogP contribution in [-0.2, 0) is 11.2 Å². The van der Waals surface area contributed by atoms with Gasteiger partial charge < -0.3 is 19.7 Å². The number of nitrogens with one attached hydrogen (secondary N) is 1. The Hall–Kier alpha value is -3.68. The highest BCUT2D eigenvalue weighted by atomic mass is 16.5. The summed E-state index contributed by atoms with van der Waals surface area (Å²) in [5.74, 6) is 1.96. The number of anilines is 1. The van der Waals surface area contributed by atoms with Gasteiger partial charge in [-0.1, -0.05) is 6.07 Å². The number of methoxy groups -OCH3 is 2. The molecule has 2 aromatic heterocycles. The van der Waals surface area contributed by atoms with E-state index in [1.165, 1.54) is 0 Å². The molecule has 1 atom stereocenters. The molecule has 0 bridgehead atoms. The number of amides is 1. The zero-order chi connectivity index (χ0) is 21.6. The molecular weight excluding hydrogens is 394 g/mol. The predicted molar refractivity (Wildman–Crippen MR) is 117 cm³/mol. The smallest absolute Gasteiger partial charge is 0.225 e. The van der Waals surface area contributed by atoms with Crippen LogP contribution in [-0.4, -0.2) is 54.2 Å². The van der Waals surface area contributed by atoms with Gasteiger partial charge in [0.05, 0.1) is 26.3 Å². The number of rotatable bonds is 7. The first-order valence-corrected chi connectivity index (χ1v) is 10.1. The van der Waals surface area contributed by atoms with Gasteiger partial charge in [-0.05, 0) is 30.7 Å². The molecule has 1 amide bonds. The molecule has 1 fully saturated rings. The third kappa shape index (κ3) is 4.91. The van der Waals surface area contributed by atoms with Crippen molar-refractivity contribution >= 4 is 11.9 Å². The largest absolute Gasteiger partial charge is 0.497 e. The number of carbonyl (C=O) groups is 1. The molecule has 8 nitrogen and oxygen atoms in total. The zero-order valence-corrected chi connectivity index (χ0v) is 17.6. The zero-order valence-electron chi connectivity index (χ0n) is 17.6. The molecule has 0 radical (unpaired) electrons. The number of benzene rings is 1. The normalized spacial score (nSPS) is 15.5. The first kappa shape index (κ1) is 20.6. The number of aromatic nitrogens is 3. The lowest BCUT2D eigenvalue weighted by Crippen LogP contribution is -2.38. The lowest BCUT2D eigenvalue weighted by molar-refractivity contribution is -0.121. The molecule has 8 heteroatoms. The minimum atomic E-state index is -0.0413. The maximum atomic E-state index is 12.6. The van der Waals surface area contributed by atoms with E-state index in [-0.39, 0.29) is 18.4 Å². The quantitative estimate of drug-likeness (QED) is 0.629. The third-order valence-electron chi connectivity index (χ3n) is 5.28. The fraction of sp³-hybridized carbons (Fsp3) is 0.304. The number of pyridine rings is 1. The summed E-state index contributed by atoms with van der Waals surface area (Å²) in [7, 11) is 3.19. The van der Waals surface area contributed by atoms with Gasteiger partial charge in [-0.3, -0.25) is 9.78 Å². The van der Waals surface area contributed by atoms with Gasteiger partial charge in [0.25, 0.3) is 0 Å². The standard InChI is InChI=1S/C23H25N5O3/c1-30-19-6-5-16(21(13-19)31-2)12-22(29)26-18-8-11-28(15-18)23-25-10-7-20(27-23)17-4-3-9-24-14-17/h3-7,9-10,13-14,18H,8,11-12,15H2,1-2H3,(H,26,29). The summed E-state index contributed by atoms with van der Waals surface area (Å²) in [6.45, 7) is 1.45. The lowest BCUT2D eigenvalue weighted by Gasteiger charge is -2.18. The van der Waals surface area contributed by atoms with Crippen LogP contribution < -0.4 is 19.7 Å². The van der Waals surface area contributed by atoms with Gasteiger partial charge in [0.2, 0.25) is 11.9 Å². The molecule has 1 aliphatic heterocycles. The van der Waals surface area contributed by atoms with Crippen LogP contribution in [0, 0.1) is 0 Å². The minimum absolute atomic E-state index is 0.0413. The molecule has 160 valence electrons.